The van der Waals surface area contributed by atoms with E-state index in [1.165, 1.54) is 18.9 Å². The summed E-state index contributed by atoms with van der Waals surface area (Å²) in [6.07, 6.45) is 2.76. The smallest absolute Gasteiger partial charge is 0.379 e. The quantitative estimate of drug-likeness (QED) is 0.347. The maximum atomic E-state index is 12.0. The maximum Gasteiger partial charge on any atom is 0.379 e. The molecule has 1 aromatic carbocycles. The molecular weight excluding hydrogens is 264 g/mol. The van der Waals surface area contributed by atoms with Crippen LogP contribution in [0.15, 0.2) is 17.0 Å². The second-order valence-electron chi connectivity index (χ2n) is 3.77. The van der Waals surface area contributed by atoms with Gasteiger partial charge in [-0.2, -0.15) is 0 Å². The number of carbonyl (C=O) groups is 2. The molecule has 0 fully saturated rings. The van der Waals surface area contributed by atoms with Crippen LogP contribution < -0.4 is 4.74 Å². The van der Waals surface area contributed by atoms with Crippen molar-refractivity contribution in [3.05, 3.63) is 23.3 Å². The third-order valence-electron chi connectivity index (χ3n) is 2.69. The summed E-state index contributed by atoms with van der Waals surface area (Å²) in [6, 6.07) is 3.50. The normalized spacial score (nSPS) is 10.1. The van der Waals surface area contributed by atoms with Gasteiger partial charge >= 0.3 is 5.97 Å². The van der Waals surface area contributed by atoms with Gasteiger partial charge in [-0.15, -0.1) is 11.8 Å². The molecule has 0 unspecified atom stereocenters. The molecule has 1 aromatic rings. The fourth-order valence-electron chi connectivity index (χ4n) is 1.72. The van der Waals surface area contributed by atoms with Crippen molar-refractivity contribution in [1.82, 2.24) is 0 Å². The molecule has 19 heavy (non-hydrogen) atoms. The van der Waals surface area contributed by atoms with Gasteiger partial charge in [0, 0.05) is 4.90 Å². The zero-order valence-electron chi connectivity index (χ0n) is 11.6. The van der Waals surface area contributed by atoms with Crippen LogP contribution in [0, 0.1) is 0 Å². The molecular formula is C14H18O4S. The van der Waals surface area contributed by atoms with Gasteiger partial charge in [-0.3, -0.25) is 4.79 Å². The van der Waals surface area contributed by atoms with Gasteiger partial charge in [0.2, 0.25) is 0 Å². The largest absolute Gasteiger partial charge is 0.496 e. The van der Waals surface area contributed by atoms with Gasteiger partial charge in [-0.05, 0) is 37.3 Å². The van der Waals surface area contributed by atoms with Gasteiger partial charge in [0.15, 0.2) is 0 Å². The van der Waals surface area contributed by atoms with E-state index in [0.717, 1.165) is 16.9 Å². The lowest BCUT2D eigenvalue weighted by Gasteiger charge is -2.12. The third-order valence-corrected chi connectivity index (χ3v) is 3.51. The lowest BCUT2D eigenvalue weighted by atomic mass is 10.0. The Morgan fingerprint density at radius 3 is 2.42 bits per heavy atom. The Kier molecular flexibility index (Phi) is 5.89. The van der Waals surface area contributed by atoms with Gasteiger partial charge in [0.1, 0.15) is 5.75 Å². The van der Waals surface area contributed by atoms with E-state index in [1.807, 2.05) is 13.2 Å². The van der Waals surface area contributed by atoms with Gasteiger partial charge in [-0.25, -0.2) is 4.79 Å². The fourth-order valence-corrected chi connectivity index (χ4v) is 2.42. The van der Waals surface area contributed by atoms with E-state index >= 15 is 0 Å². The Morgan fingerprint density at radius 1 is 1.26 bits per heavy atom. The van der Waals surface area contributed by atoms with Crippen molar-refractivity contribution >= 4 is 23.5 Å². The number of hydrogen-bond acceptors (Lipinski definition) is 5. The molecule has 0 spiro atoms. The summed E-state index contributed by atoms with van der Waals surface area (Å²) >= 11 is 1.54. The molecule has 104 valence electrons. The van der Waals surface area contributed by atoms with Gasteiger partial charge in [0.05, 0.1) is 19.3 Å². The first-order valence-corrected chi connectivity index (χ1v) is 7.27. The summed E-state index contributed by atoms with van der Waals surface area (Å²) in [6.45, 7) is 3.87. The first-order chi connectivity index (χ1) is 9.08. The van der Waals surface area contributed by atoms with Crippen LogP contribution in [0.1, 0.15) is 29.8 Å². The number of hydrogen-bond donors (Lipinski definition) is 0. The molecule has 5 heteroatoms. The number of aryl methyl sites for hydroxylation is 1. The van der Waals surface area contributed by atoms with Crippen LogP contribution in [-0.4, -0.2) is 31.7 Å². The Morgan fingerprint density at radius 2 is 1.95 bits per heavy atom. The van der Waals surface area contributed by atoms with Crippen LogP contribution in [0.25, 0.3) is 0 Å². The highest BCUT2D eigenvalue weighted by Crippen LogP contribution is 2.30. The van der Waals surface area contributed by atoms with Crippen LogP contribution in [0.2, 0.25) is 0 Å². The van der Waals surface area contributed by atoms with Crippen LogP contribution in [0.5, 0.6) is 5.75 Å². The summed E-state index contributed by atoms with van der Waals surface area (Å²) in [7, 11) is 1.48. The number of ketones is 1. The van der Waals surface area contributed by atoms with E-state index in [0.29, 0.717) is 5.75 Å². The minimum absolute atomic E-state index is 0.176. The number of benzene rings is 1. The summed E-state index contributed by atoms with van der Waals surface area (Å²) in [5, 5.41) is 0. The highest BCUT2D eigenvalue weighted by Gasteiger charge is 2.23. The van der Waals surface area contributed by atoms with Crippen LogP contribution in [0.4, 0.5) is 0 Å². The molecule has 0 radical (unpaired) electrons. The Labute approximate surface area is 117 Å². The molecule has 4 nitrogen and oxygen atoms in total. The summed E-state index contributed by atoms with van der Waals surface area (Å²) in [5.74, 6) is -1.11. The van der Waals surface area contributed by atoms with Gasteiger partial charge in [-0.1, -0.05) is 6.92 Å². The van der Waals surface area contributed by atoms with Crippen molar-refractivity contribution in [3.8, 4) is 5.75 Å². The van der Waals surface area contributed by atoms with E-state index in [9.17, 15) is 9.59 Å². The lowest BCUT2D eigenvalue weighted by molar-refractivity contribution is -0.137. The number of Topliss-reactive ketones (excluding diaryl/α,β-unsaturated/α-hetero) is 1. The van der Waals surface area contributed by atoms with E-state index in [1.54, 1.807) is 19.1 Å². The van der Waals surface area contributed by atoms with E-state index in [-0.39, 0.29) is 12.2 Å². The first-order valence-electron chi connectivity index (χ1n) is 6.05. The highest BCUT2D eigenvalue weighted by molar-refractivity contribution is 7.98. The van der Waals surface area contributed by atoms with Crippen molar-refractivity contribution in [1.29, 1.82) is 0 Å². The molecule has 0 bridgehead atoms. The fraction of sp³-hybridized carbons (Fsp3) is 0.429. The van der Waals surface area contributed by atoms with Crippen LogP contribution in [0.3, 0.4) is 0 Å². The van der Waals surface area contributed by atoms with Crippen molar-refractivity contribution in [2.75, 3.05) is 20.0 Å². The van der Waals surface area contributed by atoms with Crippen molar-refractivity contribution in [3.63, 3.8) is 0 Å². The molecule has 0 heterocycles. The number of carbonyl (C=O) groups excluding carboxylic acids is 2. The number of methoxy groups -OCH3 is 1. The average molecular weight is 282 g/mol. The molecule has 0 N–H and O–H groups in total. The average Bonchev–Trinajstić information content (AvgIpc) is 2.45. The Bertz CT molecular complexity index is 483. The highest BCUT2D eigenvalue weighted by atomic mass is 32.2. The minimum Gasteiger partial charge on any atom is -0.496 e. The lowest BCUT2D eigenvalue weighted by Crippen LogP contribution is -2.18. The molecule has 0 aliphatic carbocycles. The minimum atomic E-state index is -0.850. The van der Waals surface area contributed by atoms with E-state index < -0.39 is 11.8 Å². The first kappa shape index (κ1) is 15.6. The standard InChI is InChI=1S/C14H18O4S/c1-5-9-7-11(17-3)10(8-12(9)19-4)13(15)14(16)18-6-2/h7-8H,5-6H2,1-4H3. The number of esters is 1. The zero-order valence-corrected chi connectivity index (χ0v) is 12.4. The summed E-state index contributed by atoms with van der Waals surface area (Å²) in [4.78, 5) is 24.5. The van der Waals surface area contributed by atoms with Crippen LogP contribution >= 0.6 is 11.8 Å². The Hall–Kier alpha value is -1.49. The molecule has 0 amide bonds. The monoisotopic (exact) mass is 282 g/mol. The second-order valence-corrected chi connectivity index (χ2v) is 4.62. The maximum absolute atomic E-state index is 12.0. The molecule has 0 atom stereocenters. The number of thioether (sulfide) groups is 1. The van der Waals surface area contributed by atoms with Crippen molar-refractivity contribution in [2.24, 2.45) is 0 Å². The van der Waals surface area contributed by atoms with E-state index in [4.69, 9.17) is 9.47 Å². The second kappa shape index (κ2) is 7.19. The third kappa shape index (κ3) is 3.50. The van der Waals surface area contributed by atoms with Gasteiger partial charge in [0.25, 0.3) is 5.78 Å². The number of ether oxygens (including phenoxy) is 2. The molecule has 0 aliphatic rings. The van der Waals surface area contributed by atoms with Crippen LogP contribution in [-0.2, 0) is 16.0 Å². The molecule has 0 aromatic heterocycles. The molecule has 1 rings (SSSR count). The molecule has 0 saturated carbocycles. The van der Waals surface area contributed by atoms with Gasteiger partial charge < -0.3 is 9.47 Å². The SMILES string of the molecule is CCOC(=O)C(=O)c1cc(SC)c(CC)cc1OC. The van der Waals surface area contributed by atoms with E-state index in [2.05, 4.69) is 0 Å². The molecule has 0 aliphatic heterocycles. The van der Waals surface area contributed by atoms with Crippen molar-refractivity contribution in [2.45, 2.75) is 25.2 Å². The molecule has 0 saturated heterocycles. The topological polar surface area (TPSA) is 52.6 Å². The van der Waals surface area contributed by atoms with Crippen molar-refractivity contribution < 1.29 is 19.1 Å². The predicted octanol–water partition coefficient (Wildman–Crippen LogP) is 2.73. The Balaban J connectivity index is 3.25. The summed E-state index contributed by atoms with van der Waals surface area (Å²) < 4.78 is 9.94. The zero-order chi connectivity index (χ0) is 14.4. The predicted molar refractivity (Wildman–Crippen MR) is 75.1 cm³/mol. The summed E-state index contributed by atoms with van der Waals surface area (Å²) in [5.41, 5.74) is 1.34. The number of rotatable bonds is 6.